The number of fused-ring (bicyclic) bond motifs is 8. The summed E-state index contributed by atoms with van der Waals surface area (Å²) >= 11 is 0. The van der Waals surface area contributed by atoms with Crippen molar-refractivity contribution in [3.63, 3.8) is 0 Å². The molecule has 11 heteroatoms. The fourth-order valence-corrected chi connectivity index (χ4v) is 11.7. The molecule has 0 unspecified atom stereocenters. The van der Waals surface area contributed by atoms with Crippen LogP contribution in [0.5, 0.6) is 23.0 Å². The maximum atomic E-state index is 11.3. The van der Waals surface area contributed by atoms with Crippen LogP contribution in [0.2, 0.25) is 0 Å². The molecule has 1 N–H and O–H groups in total. The van der Waals surface area contributed by atoms with Crippen LogP contribution in [0.1, 0.15) is 82.6 Å². The van der Waals surface area contributed by atoms with E-state index in [2.05, 4.69) is 34.9 Å². The van der Waals surface area contributed by atoms with Crippen molar-refractivity contribution in [3.8, 4) is 23.0 Å². The van der Waals surface area contributed by atoms with Gasteiger partial charge < -0.3 is 43.0 Å². The summed E-state index contributed by atoms with van der Waals surface area (Å²) in [6.45, 7) is 14.9. The van der Waals surface area contributed by atoms with Gasteiger partial charge in [0.2, 0.25) is 13.6 Å². The van der Waals surface area contributed by atoms with Crippen LogP contribution >= 0.6 is 0 Å². The van der Waals surface area contributed by atoms with Crippen LogP contribution in [0.4, 0.5) is 0 Å². The van der Waals surface area contributed by atoms with E-state index in [4.69, 9.17) is 37.9 Å². The first-order valence-corrected chi connectivity index (χ1v) is 19.2. The van der Waals surface area contributed by atoms with Gasteiger partial charge in [-0.3, -0.25) is 9.80 Å². The zero-order chi connectivity index (χ0) is 35.4. The van der Waals surface area contributed by atoms with Gasteiger partial charge in [0.05, 0.1) is 11.1 Å². The van der Waals surface area contributed by atoms with E-state index in [0.29, 0.717) is 12.6 Å². The summed E-state index contributed by atoms with van der Waals surface area (Å²) in [5, 5.41) is 11.3. The zero-order valence-electron chi connectivity index (χ0n) is 30.7. The number of aliphatic hydroxyl groups is 1. The van der Waals surface area contributed by atoms with Crippen molar-refractivity contribution in [3.05, 3.63) is 57.9 Å². The molecule has 2 aliphatic carbocycles. The van der Waals surface area contributed by atoms with Gasteiger partial charge in [0, 0.05) is 18.7 Å². The van der Waals surface area contributed by atoms with Crippen molar-refractivity contribution in [2.24, 2.45) is 0 Å². The molecule has 2 aromatic rings. The fraction of sp³-hybridized carbons (Fsp3) is 0.610. The maximum Gasteiger partial charge on any atom is 0.231 e. The average Bonchev–Trinajstić information content (AvgIpc) is 3.97. The molecule has 0 saturated carbocycles. The topological polar surface area (TPSA) is 101 Å². The van der Waals surface area contributed by atoms with Crippen LogP contribution in [-0.2, 0) is 31.8 Å². The first-order chi connectivity index (χ1) is 25.0. The highest BCUT2D eigenvalue weighted by Crippen LogP contribution is 2.61. The second-order valence-corrected chi connectivity index (χ2v) is 17.0. The molecule has 2 aromatic carbocycles. The Balaban J connectivity index is 0.000000123. The summed E-state index contributed by atoms with van der Waals surface area (Å²) in [5.41, 5.74) is 8.28. The summed E-state index contributed by atoms with van der Waals surface area (Å²) in [4.78, 5) is 5.16. The van der Waals surface area contributed by atoms with Gasteiger partial charge in [-0.25, -0.2) is 0 Å². The van der Waals surface area contributed by atoms with Crippen molar-refractivity contribution >= 4 is 11.1 Å². The van der Waals surface area contributed by atoms with Crippen molar-refractivity contribution in [1.82, 2.24) is 9.80 Å². The van der Waals surface area contributed by atoms with Crippen LogP contribution in [-0.4, -0.2) is 102 Å². The summed E-state index contributed by atoms with van der Waals surface area (Å²) < 4.78 is 47.9. The highest BCUT2D eigenvalue weighted by atomic mass is 16.8. The van der Waals surface area contributed by atoms with Gasteiger partial charge in [0.15, 0.2) is 34.6 Å². The molecule has 6 atom stereocenters. The molecule has 0 bridgehead atoms. The highest BCUT2D eigenvalue weighted by molar-refractivity contribution is 5.85. The van der Waals surface area contributed by atoms with Crippen LogP contribution in [0.3, 0.4) is 0 Å². The Morgan fingerprint density at radius 1 is 0.596 bits per heavy atom. The quantitative estimate of drug-likeness (QED) is 0.363. The Hall–Kier alpha value is -3.32. The normalized spacial score (nSPS) is 36.6. The number of ether oxygens (including phenoxy) is 8. The fourth-order valence-electron chi connectivity index (χ4n) is 11.7. The van der Waals surface area contributed by atoms with E-state index in [1.165, 1.54) is 34.3 Å². The van der Waals surface area contributed by atoms with Gasteiger partial charge in [-0.15, -0.1) is 0 Å². The van der Waals surface area contributed by atoms with E-state index in [-0.39, 0.29) is 36.2 Å². The third-order valence-corrected chi connectivity index (χ3v) is 13.5. The first-order valence-electron chi connectivity index (χ1n) is 19.2. The number of hydrogen-bond donors (Lipinski definition) is 1. The molecular formula is C41H48N2O9. The minimum atomic E-state index is -0.679. The molecule has 0 radical (unpaired) electrons. The maximum absolute atomic E-state index is 11.3. The van der Waals surface area contributed by atoms with Gasteiger partial charge in [-0.2, -0.15) is 0 Å². The number of hydrogen-bond acceptors (Lipinski definition) is 11. The van der Waals surface area contributed by atoms with Gasteiger partial charge >= 0.3 is 0 Å². The van der Waals surface area contributed by atoms with Crippen molar-refractivity contribution in [2.75, 3.05) is 39.8 Å². The lowest BCUT2D eigenvalue weighted by molar-refractivity contribution is -0.156. The predicted octanol–water partition coefficient (Wildman–Crippen LogP) is 5.72. The molecule has 8 aliphatic heterocycles. The molecule has 276 valence electrons. The third-order valence-electron chi connectivity index (χ3n) is 13.5. The lowest BCUT2D eigenvalue weighted by Crippen LogP contribution is -2.53. The lowest BCUT2D eigenvalue weighted by Gasteiger charge is -2.41. The summed E-state index contributed by atoms with van der Waals surface area (Å²) in [6, 6.07) is 8.51. The zero-order valence-corrected chi connectivity index (χ0v) is 30.7. The minimum absolute atomic E-state index is 0.0389. The minimum Gasteiger partial charge on any atom is -0.509 e. The van der Waals surface area contributed by atoms with E-state index in [0.717, 1.165) is 92.4 Å². The molecule has 0 amide bonds. The van der Waals surface area contributed by atoms with E-state index in [1.807, 2.05) is 33.8 Å². The number of benzene rings is 2. The Morgan fingerprint density at radius 2 is 1.06 bits per heavy atom. The third kappa shape index (κ3) is 4.18. The Labute approximate surface area is 304 Å². The van der Waals surface area contributed by atoms with Crippen molar-refractivity contribution in [2.45, 2.75) is 120 Å². The second-order valence-electron chi connectivity index (χ2n) is 17.0. The number of aliphatic hydroxyl groups excluding tert-OH is 1. The van der Waals surface area contributed by atoms with Crippen LogP contribution in [0.25, 0.3) is 11.1 Å². The van der Waals surface area contributed by atoms with Gasteiger partial charge in [-0.05, 0) is 144 Å². The molecule has 10 aliphatic rings. The Bertz CT molecular complexity index is 1830. The molecule has 0 aromatic heterocycles. The molecule has 2 spiro atoms. The molecule has 52 heavy (non-hydrogen) atoms. The number of nitrogens with zero attached hydrogens (tertiary/aromatic N) is 2. The van der Waals surface area contributed by atoms with Gasteiger partial charge in [0.25, 0.3) is 0 Å². The Kier molecular flexibility index (Phi) is 6.59. The highest BCUT2D eigenvalue weighted by Gasteiger charge is 2.67. The van der Waals surface area contributed by atoms with Gasteiger partial charge in [-0.1, -0.05) is 0 Å². The van der Waals surface area contributed by atoms with E-state index < -0.39 is 17.7 Å². The monoisotopic (exact) mass is 712 g/mol. The first kappa shape index (κ1) is 32.1. The summed E-state index contributed by atoms with van der Waals surface area (Å²) in [6.07, 6.45) is 5.91. The molecule has 8 heterocycles. The van der Waals surface area contributed by atoms with E-state index in [1.54, 1.807) is 0 Å². The summed E-state index contributed by atoms with van der Waals surface area (Å²) in [5.74, 6) is 2.43. The molecule has 12 rings (SSSR count). The van der Waals surface area contributed by atoms with E-state index in [9.17, 15) is 5.11 Å². The smallest absolute Gasteiger partial charge is 0.231 e. The predicted molar refractivity (Wildman–Crippen MR) is 189 cm³/mol. The molecule has 4 saturated heterocycles. The Morgan fingerprint density at radius 3 is 1.62 bits per heavy atom. The average molecular weight is 713 g/mol. The van der Waals surface area contributed by atoms with Crippen molar-refractivity contribution in [1.29, 1.82) is 0 Å². The standard InChI is InChI=1S/C21H25NO4.C20H23NO5/c1-12-17-14-10-16-15(23-11-24-16)9-13(14)5-8-22-7-4-6-21(17,22)19-18(12)25-20(2,3)26-19;1-19(2)25-17-16(22)15-12-9-14-13(23-10-24-14)8-11(12)4-7-21-6-3-5-20(15,21)18(17)26-19/h9-10,18-19H,4-8,11H2,1-3H3;8-9,17-18,22H,3-7,10H2,1-2H3/t18-,19-,21-;17-,18-,20-/m11/s1. The van der Waals surface area contributed by atoms with Gasteiger partial charge in [0.1, 0.15) is 30.2 Å². The van der Waals surface area contributed by atoms with Crippen LogP contribution in [0.15, 0.2) is 35.6 Å². The van der Waals surface area contributed by atoms with Crippen molar-refractivity contribution < 1.29 is 43.0 Å². The number of rotatable bonds is 0. The lowest BCUT2D eigenvalue weighted by atomic mass is 9.81. The molecular weight excluding hydrogens is 664 g/mol. The second kappa shape index (κ2) is 10.7. The van der Waals surface area contributed by atoms with E-state index >= 15 is 0 Å². The van der Waals surface area contributed by atoms with Crippen LogP contribution in [0, 0.1) is 0 Å². The molecule has 4 fully saturated rings. The summed E-state index contributed by atoms with van der Waals surface area (Å²) in [7, 11) is 0. The SMILES string of the molecule is CC1(C)O[C@@H]2C(O)=C3c4cc5c(cc4CCN4CCC[C@]34[C@@H]2O1)OCO5.CC1=C2c3cc4c(cc3CCN3CCC[C@]23[C@@H]2OC(C)(C)O[C@H]12)OCO4. The largest absolute Gasteiger partial charge is 0.509 e. The molecule has 11 nitrogen and oxygen atoms in total. The van der Waals surface area contributed by atoms with Crippen LogP contribution < -0.4 is 18.9 Å².